The van der Waals surface area contributed by atoms with Gasteiger partial charge in [0.2, 0.25) is 0 Å². The summed E-state index contributed by atoms with van der Waals surface area (Å²) in [7, 11) is 0. The fourth-order valence-electron chi connectivity index (χ4n) is 3.27. The molecule has 0 saturated carbocycles. The third-order valence-corrected chi connectivity index (χ3v) is 5.66. The van der Waals surface area contributed by atoms with Gasteiger partial charge in [-0.05, 0) is 37.9 Å². The van der Waals surface area contributed by atoms with Crippen LogP contribution in [0.1, 0.15) is 47.9 Å². The summed E-state index contributed by atoms with van der Waals surface area (Å²) < 4.78 is 45.0. The zero-order valence-electron chi connectivity index (χ0n) is 11.5. The third kappa shape index (κ3) is 2.27. The number of halogens is 3. The summed E-state index contributed by atoms with van der Waals surface area (Å²) in [5, 5.41) is 3.33. The summed E-state index contributed by atoms with van der Waals surface area (Å²) in [6.45, 7) is 5.29. The van der Waals surface area contributed by atoms with Crippen LogP contribution in [0.15, 0.2) is 6.07 Å². The molecule has 0 bridgehead atoms. The second kappa shape index (κ2) is 4.71. The molecule has 2 aliphatic rings. The second-order valence-electron chi connectivity index (χ2n) is 5.90. The van der Waals surface area contributed by atoms with Crippen LogP contribution < -0.4 is 5.32 Å². The summed E-state index contributed by atoms with van der Waals surface area (Å²) in [5.74, 6) is 0.0434. The van der Waals surface area contributed by atoms with Crippen LogP contribution in [0.25, 0.3) is 0 Å². The van der Waals surface area contributed by atoms with Crippen LogP contribution in [0, 0.1) is 0 Å². The maximum absolute atomic E-state index is 13.0. The molecule has 1 fully saturated rings. The normalized spacial score (nSPS) is 34.2. The van der Waals surface area contributed by atoms with E-state index in [0.29, 0.717) is 6.61 Å². The first-order valence-electron chi connectivity index (χ1n) is 6.90. The van der Waals surface area contributed by atoms with Crippen LogP contribution in [0.5, 0.6) is 0 Å². The van der Waals surface area contributed by atoms with E-state index in [1.165, 1.54) is 6.07 Å². The standard InChI is InChI=1S/C14H18F3NOS/c1-8-7-19-13(3-4-18-9(2)6-13)10-5-11(14(15,16)17)20-12(8)10/h5,8-9,18H,3-4,6-7H2,1-2H3/t8?,9-,13+/m0/s1. The van der Waals surface area contributed by atoms with Gasteiger partial charge >= 0.3 is 6.18 Å². The van der Waals surface area contributed by atoms with Crippen molar-refractivity contribution in [3.05, 3.63) is 21.4 Å². The molecule has 20 heavy (non-hydrogen) atoms. The number of piperidine rings is 1. The highest BCUT2D eigenvalue weighted by Crippen LogP contribution is 2.50. The van der Waals surface area contributed by atoms with Gasteiger partial charge < -0.3 is 10.1 Å². The lowest BCUT2D eigenvalue weighted by Gasteiger charge is -2.44. The van der Waals surface area contributed by atoms with Crippen LogP contribution in [0.2, 0.25) is 0 Å². The fourth-order valence-corrected chi connectivity index (χ4v) is 4.42. The number of nitrogens with one attached hydrogen (secondary N) is 1. The zero-order valence-corrected chi connectivity index (χ0v) is 12.3. The highest BCUT2D eigenvalue weighted by Gasteiger charge is 2.46. The van der Waals surface area contributed by atoms with E-state index in [9.17, 15) is 13.2 Å². The van der Waals surface area contributed by atoms with Gasteiger partial charge in [0.1, 0.15) is 4.88 Å². The topological polar surface area (TPSA) is 21.3 Å². The Morgan fingerprint density at radius 1 is 1.40 bits per heavy atom. The summed E-state index contributed by atoms with van der Waals surface area (Å²) >= 11 is 0.894. The van der Waals surface area contributed by atoms with E-state index in [2.05, 4.69) is 12.2 Å². The third-order valence-electron chi connectivity index (χ3n) is 4.25. The maximum Gasteiger partial charge on any atom is 0.425 e. The minimum atomic E-state index is -4.26. The monoisotopic (exact) mass is 305 g/mol. The molecule has 3 atom stereocenters. The number of hydrogen-bond donors (Lipinski definition) is 1. The van der Waals surface area contributed by atoms with Gasteiger partial charge in [0.15, 0.2) is 0 Å². The highest BCUT2D eigenvalue weighted by atomic mass is 32.1. The molecule has 1 aromatic rings. The number of alkyl halides is 3. The van der Waals surface area contributed by atoms with Crippen LogP contribution in [0.3, 0.4) is 0 Å². The molecule has 2 aliphatic heterocycles. The largest absolute Gasteiger partial charge is 0.425 e. The Morgan fingerprint density at radius 3 is 2.80 bits per heavy atom. The minimum Gasteiger partial charge on any atom is -0.369 e. The van der Waals surface area contributed by atoms with Crippen molar-refractivity contribution in [2.75, 3.05) is 13.2 Å². The molecule has 3 heterocycles. The predicted octanol–water partition coefficient (Wildman–Crippen LogP) is 3.87. The Morgan fingerprint density at radius 2 is 2.15 bits per heavy atom. The highest BCUT2D eigenvalue weighted by molar-refractivity contribution is 7.12. The molecule has 1 N–H and O–H groups in total. The first kappa shape index (κ1) is 14.4. The lowest BCUT2D eigenvalue weighted by Crippen LogP contribution is -2.48. The van der Waals surface area contributed by atoms with E-state index in [1.807, 2.05) is 6.92 Å². The number of thiophene rings is 1. The van der Waals surface area contributed by atoms with E-state index in [-0.39, 0.29) is 12.0 Å². The molecule has 6 heteroatoms. The fraction of sp³-hybridized carbons (Fsp3) is 0.714. The number of fused-ring (bicyclic) bond motifs is 2. The number of ether oxygens (including phenoxy) is 1. The van der Waals surface area contributed by atoms with Gasteiger partial charge in [0.05, 0.1) is 12.2 Å². The molecular formula is C14H18F3NOS. The molecule has 0 radical (unpaired) electrons. The van der Waals surface area contributed by atoms with Crippen molar-refractivity contribution in [1.82, 2.24) is 5.32 Å². The molecule has 0 aromatic carbocycles. The molecule has 2 nitrogen and oxygen atoms in total. The second-order valence-corrected chi connectivity index (χ2v) is 6.99. The maximum atomic E-state index is 13.0. The summed E-state index contributed by atoms with van der Waals surface area (Å²) in [4.78, 5) is 0.364. The Hall–Kier alpha value is -0.590. The van der Waals surface area contributed by atoms with Crippen molar-refractivity contribution in [3.8, 4) is 0 Å². The van der Waals surface area contributed by atoms with Crippen LogP contribution >= 0.6 is 11.3 Å². The van der Waals surface area contributed by atoms with Crippen molar-refractivity contribution in [2.24, 2.45) is 0 Å². The van der Waals surface area contributed by atoms with Crippen molar-refractivity contribution in [1.29, 1.82) is 0 Å². The molecule has 1 aromatic heterocycles. The van der Waals surface area contributed by atoms with E-state index in [0.717, 1.165) is 41.2 Å². The molecule has 0 amide bonds. The molecule has 1 spiro atoms. The van der Waals surface area contributed by atoms with Crippen molar-refractivity contribution in [2.45, 2.75) is 50.4 Å². The van der Waals surface area contributed by atoms with E-state index >= 15 is 0 Å². The Labute approximate surface area is 120 Å². The summed E-state index contributed by atoms with van der Waals surface area (Å²) in [6.07, 6.45) is -2.78. The molecule has 0 aliphatic carbocycles. The predicted molar refractivity (Wildman–Crippen MR) is 72.1 cm³/mol. The van der Waals surface area contributed by atoms with Crippen molar-refractivity contribution in [3.63, 3.8) is 0 Å². The first-order valence-corrected chi connectivity index (χ1v) is 7.72. The van der Waals surface area contributed by atoms with Gasteiger partial charge in [-0.3, -0.25) is 0 Å². The first-order chi connectivity index (χ1) is 9.32. The summed E-state index contributed by atoms with van der Waals surface area (Å²) in [6, 6.07) is 1.59. The lowest BCUT2D eigenvalue weighted by atomic mass is 9.79. The van der Waals surface area contributed by atoms with Gasteiger partial charge in [0.25, 0.3) is 0 Å². The van der Waals surface area contributed by atoms with Crippen molar-refractivity contribution >= 4 is 11.3 Å². The average Bonchev–Trinajstić information content (AvgIpc) is 2.81. The SMILES string of the molecule is CC1CO[C@@]2(CCN[C@@H](C)C2)c2cc(C(F)(F)F)sc21. The Kier molecular flexibility index (Phi) is 3.38. The Bertz CT molecular complexity index is 513. The zero-order chi connectivity index (χ0) is 14.5. The van der Waals surface area contributed by atoms with Gasteiger partial charge in [-0.1, -0.05) is 6.92 Å². The van der Waals surface area contributed by atoms with Gasteiger partial charge in [-0.25, -0.2) is 0 Å². The molecule has 1 saturated heterocycles. The molecule has 112 valence electrons. The van der Waals surface area contributed by atoms with Gasteiger partial charge in [0, 0.05) is 16.8 Å². The summed E-state index contributed by atoms with van der Waals surface area (Å²) in [5.41, 5.74) is 0.258. The van der Waals surface area contributed by atoms with Gasteiger partial charge in [-0.2, -0.15) is 13.2 Å². The number of hydrogen-bond acceptors (Lipinski definition) is 3. The minimum absolute atomic E-state index is 0.0434. The lowest BCUT2D eigenvalue weighted by molar-refractivity contribution is -0.134. The molecule has 1 unspecified atom stereocenters. The average molecular weight is 305 g/mol. The van der Waals surface area contributed by atoms with E-state index < -0.39 is 16.7 Å². The van der Waals surface area contributed by atoms with Gasteiger partial charge in [-0.15, -0.1) is 11.3 Å². The molecular weight excluding hydrogens is 287 g/mol. The Balaban J connectivity index is 2.06. The van der Waals surface area contributed by atoms with Crippen LogP contribution in [0.4, 0.5) is 13.2 Å². The van der Waals surface area contributed by atoms with Crippen LogP contribution in [-0.2, 0) is 16.5 Å². The smallest absolute Gasteiger partial charge is 0.369 e. The molecule has 3 rings (SSSR count). The van der Waals surface area contributed by atoms with Crippen molar-refractivity contribution < 1.29 is 17.9 Å². The van der Waals surface area contributed by atoms with E-state index in [4.69, 9.17) is 4.74 Å². The number of rotatable bonds is 0. The van der Waals surface area contributed by atoms with Crippen LogP contribution in [-0.4, -0.2) is 19.2 Å². The van der Waals surface area contributed by atoms with E-state index in [1.54, 1.807) is 0 Å². The quantitative estimate of drug-likeness (QED) is 0.785.